The second-order valence-electron chi connectivity index (χ2n) is 8.01. The molecule has 0 unspecified atom stereocenters. The first kappa shape index (κ1) is 26.5. The van der Waals surface area contributed by atoms with Crippen molar-refractivity contribution in [3.05, 3.63) is 0 Å². The Bertz CT molecular complexity index is 438. The highest BCUT2D eigenvalue weighted by Gasteiger charge is 2.47. The quantitative estimate of drug-likeness (QED) is 0.264. The number of ether oxygens (including phenoxy) is 8. The molecule has 0 bridgehead atoms. The van der Waals surface area contributed by atoms with Gasteiger partial charge in [0.15, 0.2) is 11.6 Å². The molecule has 0 aromatic carbocycles. The first-order chi connectivity index (χ1) is 14.3. The van der Waals surface area contributed by atoms with Crippen molar-refractivity contribution in [3.8, 4) is 0 Å². The fourth-order valence-corrected chi connectivity index (χ4v) is 3.60. The molecular formula is C20H36Cl2O8. The maximum Gasteiger partial charge on any atom is 0.163 e. The highest BCUT2D eigenvalue weighted by Crippen LogP contribution is 2.32. The first-order valence-corrected chi connectivity index (χ1v) is 11.5. The third-order valence-corrected chi connectivity index (χ3v) is 4.94. The van der Waals surface area contributed by atoms with E-state index in [1.54, 1.807) is 0 Å². The Balaban J connectivity index is 2.06. The van der Waals surface area contributed by atoms with Crippen LogP contribution in [0.1, 0.15) is 27.7 Å². The number of halogens is 2. The number of hydrogen-bond donors (Lipinski definition) is 0. The molecule has 8 nitrogen and oxygen atoms in total. The Hall–Kier alpha value is 0.260. The molecule has 10 heteroatoms. The third kappa shape index (κ3) is 9.02. The van der Waals surface area contributed by atoms with E-state index in [9.17, 15) is 0 Å². The second-order valence-corrected chi connectivity index (χ2v) is 8.76. The lowest BCUT2D eigenvalue weighted by atomic mass is 10.0. The van der Waals surface area contributed by atoms with E-state index in [1.165, 1.54) is 0 Å². The van der Waals surface area contributed by atoms with Crippen LogP contribution >= 0.6 is 23.2 Å². The third-order valence-electron chi connectivity index (χ3n) is 4.64. The molecule has 0 amide bonds. The van der Waals surface area contributed by atoms with Gasteiger partial charge in [-0.3, -0.25) is 0 Å². The van der Waals surface area contributed by atoms with Crippen molar-refractivity contribution in [2.45, 2.75) is 63.7 Å². The monoisotopic (exact) mass is 474 g/mol. The molecule has 30 heavy (non-hydrogen) atoms. The highest BCUT2D eigenvalue weighted by molar-refractivity contribution is 6.18. The zero-order valence-corrected chi connectivity index (χ0v) is 19.9. The Morgan fingerprint density at radius 1 is 0.700 bits per heavy atom. The Morgan fingerprint density at radius 3 is 1.40 bits per heavy atom. The van der Waals surface area contributed by atoms with Crippen molar-refractivity contribution in [3.63, 3.8) is 0 Å². The zero-order valence-electron chi connectivity index (χ0n) is 18.4. The average molecular weight is 475 g/mol. The van der Waals surface area contributed by atoms with Gasteiger partial charge in [-0.15, -0.1) is 23.2 Å². The van der Waals surface area contributed by atoms with Crippen LogP contribution in [0, 0.1) is 0 Å². The van der Waals surface area contributed by atoms with Gasteiger partial charge in [0.1, 0.15) is 24.4 Å². The van der Waals surface area contributed by atoms with E-state index in [4.69, 9.17) is 61.1 Å². The minimum Gasteiger partial charge on any atom is -0.378 e. The number of rotatable bonds is 15. The maximum absolute atomic E-state index is 6.19. The number of hydrogen-bond acceptors (Lipinski definition) is 8. The van der Waals surface area contributed by atoms with Gasteiger partial charge in [-0.05, 0) is 27.7 Å². The van der Waals surface area contributed by atoms with Crippen LogP contribution in [0.3, 0.4) is 0 Å². The lowest BCUT2D eigenvalue weighted by Crippen LogP contribution is -2.51. The topological polar surface area (TPSA) is 73.8 Å². The van der Waals surface area contributed by atoms with Gasteiger partial charge in [-0.2, -0.15) is 0 Å². The number of alkyl halides is 2. The van der Waals surface area contributed by atoms with Crippen LogP contribution in [0.15, 0.2) is 0 Å². The Morgan fingerprint density at radius 2 is 1.10 bits per heavy atom. The van der Waals surface area contributed by atoms with E-state index in [1.807, 2.05) is 27.7 Å². The summed E-state index contributed by atoms with van der Waals surface area (Å²) in [6, 6.07) is 0. The van der Waals surface area contributed by atoms with Gasteiger partial charge >= 0.3 is 0 Å². The van der Waals surface area contributed by atoms with Gasteiger partial charge in [0, 0.05) is 11.8 Å². The summed E-state index contributed by atoms with van der Waals surface area (Å²) in [7, 11) is 0. The average Bonchev–Trinajstić information content (AvgIpc) is 3.23. The molecule has 178 valence electrons. The van der Waals surface area contributed by atoms with Crippen LogP contribution in [-0.4, -0.2) is 101 Å². The molecule has 4 atom stereocenters. The van der Waals surface area contributed by atoms with Gasteiger partial charge in [-0.1, -0.05) is 0 Å². The molecule has 2 rings (SSSR count). The van der Waals surface area contributed by atoms with E-state index >= 15 is 0 Å². The first-order valence-electron chi connectivity index (χ1n) is 10.4. The second kappa shape index (κ2) is 13.1. The van der Waals surface area contributed by atoms with Crippen LogP contribution in [0.2, 0.25) is 0 Å². The molecule has 2 saturated heterocycles. The maximum atomic E-state index is 6.19. The van der Waals surface area contributed by atoms with E-state index in [-0.39, 0.29) is 12.2 Å². The van der Waals surface area contributed by atoms with Crippen molar-refractivity contribution in [2.75, 3.05) is 64.6 Å². The summed E-state index contributed by atoms with van der Waals surface area (Å²) in [5.41, 5.74) is 0. The SMILES string of the molecule is CC1(C)OC[C@H]([C@@H](OCCOCCCl)[C@H](OCCOCCCl)[C@H]2COC(C)(C)O2)O1. The van der Waals surface area contributed by atoms with Crippen molar-refractivity contribution < 1.29 is 37.9 Å². The van der Waals surface area contributed by atoms with Gasteiger partial charge in [-0.25, -0.2) is 0 Å². The summed E-state index contributed by atoms with van der Waals surface area (Å²) in [5, 5.41) is 0. The van der Waals surface area contributed by atoms with Crippen LogP contribution in [0.25, 0.3) is 0 Å². The van der Waals surface area contributed by atoms with Gasteiger partial charge in [0.2, 0.25) is 0 Å². The molecule has 0 spiro atoms. The molecule has 2 aliphatic heterocycles. The van der Waals surface area contributed by atoms with E-state index in [0.29, 0.717) is 64.6 Å². The predicted octanol–water partition coefficient (Wildman–Crippen LogP) is 2.57. The summed E-state index contributed by atoms with van der Waals surface area (Å²) < 4.78 is 47.0. The van der Waals surface area contributed by atoms with Gasteiger partial charge < -0.3 is 37.9 Å². The highest BCUT2D eigenvalue weighted by atomic mass is 35.5. The van der Waals surface area contributed by atoms with Crippen molar-refractivity contribution in [1.29, 1.82) is 0 Å². The largest absolute Gasteiger partial charge is 0.378 e. The standard InChI is InChI=1S/C20H36Cl2O8/c1-19(2)27-13-15(29-19)17(25-11-9-23-7-5-21)18(26-12-10-24-8-6-22)16-14-28-20(3,4)30-16/h15-18H,5-14H2,1-4H3/t15-,16-,17-,18-/m1/s1. The molecule has 0 aliphatic carbocycles. The predicted molar refractivity (Wildman–Crippen MR) is 112 cm³/mol. The molecule has 2 heterocycles. The molecule has 0 radical (unpaired) electrons. The molecule has 0 aromatic rings. The minimum absolute atomic E-state index is 0.325. The summed E-state index contributed by atoms with van der Waals surface area (Å²) >= 11 is 11.3. The molecule has 0 saturated carbocycles. The van der Waals surface area contributed by atoms with Crippen molar-refractivity contribution >= 4 is 23.2 Å². The lowest BCUT2D eigenvalue weighted by molar-refractivity contribution is -0.207. The molecular weight excluding hydrogens is 439 g/mol. The summed E-state index contributed by atoms with van der Waals surface area (Å²) in [4.78, 5) is 0. The van der Waals surface area contributed by atoms with E-state index < -0.39 is 23.8 Å². The normalized spacial score (nSPS) is 27.4. The van der Waals surface area contributed by atoms with Crippen LogP contribution in [0.4, 0.5) is 0 Å². The molecule has 0 aromatic heterocycles. The van der Waals surface area contributed by atoms with Gasteiger partial charge in [0.25, 0.3) is 0 Å². The van der Waals surface area contributed by atoms with Crippen molar-refractivity contribution in [1.82, 2.24) is 0 Å². The molecule has 2 fully saturated rings. The van der Waals surface area contributed by atoms with Crippen LogP contribution < -0.4 is 0 Å². The minimum atomic E-state index is -0.693. The van der Waals surface area contributed by atoms with Crippen molar-refractivity contribution in [2.24, 2.45) is 0 Å². The molecule has 0 N–H and O–H groups in total. The van der Waals surface area contributed by atoms with Crippen LogP contribution in [-0.2, 0) is 37.9 Å². The lowest BCUT2D eigenvalue weighted by Gasteiger charge is -2.34. The fraction of sp³-hybridized carbons (Fsp3) is 1.00. The zero-order chi connectivity index (χ0) is 22.0. The van der Waals surface area contributed by atoms with E-state index in [0.717, 1.165) is 0 Å². The smallest absolute Gasteiger partial charge is 0.163 e. The summed E-state index contributed by atoms with van der Waals surface area (Å²) in [5.74, 6) is -0.509. The summed E-state index contributed by atoms with van der Waals surface area (Å²) in [6.45, 7) is 10.8. The van der Waals surface area contributed by atoms with Gasteiger partial charge in [0.05, 0.1) is 52.9 Å². The van der Waals surface area contributed by atoms with Crippen LogP contribution in [0.5, 0.6) is 0 Å². The van der Waals surface area contributed by atoms with E-state index in [2.05, 4.69) is 0 Å². The molecule has 2 aliphatic rings. The fourth-order valence-electron chi connectivity index (χ4n) is 3.38. The summed E-state index contributed by atoms with van der Waals surface area (Å²) in [6.07, 6.45) is -1.54. The Kier molecular flexibility index (Phi) is 11.6. The Labute approximate surface area is 189 Å².